The number of hydrogen-bond donors (Lipinski definition) is 2. The lowest BCUT2D eigenvalue weighted by atomic mass is 9.90. The van der Waals surface area contributed by atoms with Gasteiger partial charge in [-0.15, -0.1) is 11.3 Å². The highest BCUT2D eigenvalue weighted by Gasteiger charge is 2.30. The van der Waals surface area contributed by atoms with E-state index in [1.165, 1.54) is 0 Å². The third-order valence-electron chi connectivity index (χ3n) is 3.95. The first-order chi connectivity index (χ1) is 9.93. The first-order valence-electron chi connectivity index (χ1n) is 7.38. The number of carbonyl (C=O) groups is 1. The lowest BCUT2D eigenvalue weighted by molar-refractivity contribution is -0.139. The molecule has 1 aromatic heterocycles. The van der Waals surface area contributed by atoms with Gasteiger partial charge in [0, 0.05) is 25.1 Å². The number of aryl methyl sites for hydroxylation is 1. The molecule has 21 heavy (non-hydrogen) atoms. The second kappa shape index (κ2) is 6.75. The van der Waals surface area contributed by atoms with E-state index in [0.717, 1.165) is 48.1 Å². The number of anilines is 1. The Morgan fingerprint density at radius 1 is 1.57 bits per heavy atom. The van der Waals surface area contributed by atoms with E-state index in [4.69, 9.17) is 4.74 Å². The van der Waals surface area contributed by atoms with Crippen LogP contribution in [0.3, 0.4) is 0 Å². The van der Waals surface area contributed by atoms with E-state index in [1.54, 1.807) is 18.4 Å². The van der Waals surface area contributed by atoms with E-state index in [0.29, 0.717) is 6.42 Å². The maximum atomic E-state index is 11.3. The van der Waals surface area contributed by atoms with Crippen LogP contribution in [0.4, 0.5) is 5.13 Å². The maximum Gasteiger partial charge on any atom is 0.312 e. The van der Waals surface area contributed by atoms with Crippen LogP contribution in [-0.4, -0.2) is 36.3 Å². The Balaban J connectivity index is 2.01. The molecule has 0 spiro atoms. The van der Waals surface area contributed by atoms with Crippen molar-refractivity contribution in [1.29, 1.82) is 0 Å². The number of fused-ring (bicyclic) bond motifs is 1. The standard InChI is InChI=1S/C15H24N2O3S/c1-15(2,7-8-20-3)9-16-14-17-12-10(13(18)19)5-4-6-11(12)21-14/h10H,4-9H2,1-3H3,(H,16,17)(H,18,19). The first-order valence-corrected chi connectivity index (χ1v) is 8.20. The van der Waals surface area contributed by atoms with Gasteiger partial charge < -0.3 is 15.2 Å². The number of carboxylic acid groups (broad SMARTS) is 1. The molecule has 6 heteroatoms. The number of carboxylic acids is 1. The molecule has 1 unspecified atom stereocenters. The molecule has 0 saturated heterocycles. The zero-order valence-electron chi connectivity index (χ0n) is 12.9. The predicted molar refractivity (Wildman–Crippen MR) is 84.2 cm³/mol. The fraction of sp³-hybridized carbons (Fsp3) is 0.733. The lowest BCUT2D eigenvalue weighted by Gasteiger charge is -2.24. The normalized spacial score (nSPS) is 18.3. The minimum absolute atomic E-state index is 0.119. The summed E-state index contributed by atoms with van der Waals surface area (Å²) in [6.45, 7) is 5.92. The largest absolute Gasteiger partial charge is 0.481 e. The summed E-state index contributed by atoms with van der Waals surface area (Å²) in [6, 6.07) is 0. The number of methoxy groups -OCH3 is 1. The highest BCUT2D eigenvalue weighted by atomic mass is 32.1. The molecule has 118 valence electrons. The number of thiazole rings is 1. The van der Waals surface area contributed by atoms with Gasteiger partial charge >= 0.3 is 5.97 Å². The van der Waals surface area contributed by atoms with Crippen molar-refractivity contribution < 1.29 is 14.6 Å². The summed E-state index contributed by atoms with van der Waals surface area (Å²) in [5.41, 5.74) is 0.893. The Bertz CT molecular complexity index is 499. The topological polar surface area (TPSA) is 71.5 Å². The number of nitrogens with zero attached hydrogens (tertiary/aromatic N) is 1. The zero-order chi connectivity index (χ0) is 15.5. The van der Waals surface area contributed by atoms with Gasteiger partial charge in [-0.25, -0.2) is 4.98 Å². The van der Waals surface area contributed by atoms with Crippen LogP contribution in [0.1, 0.15) is 49.6 Å². The minimum atomic E-state index is -0.756. The molecule has 0 aromatic carbocycles. The van der Waals surface area contributed by atoms with Crippen LogP contribution in [0.15, 0.2) is 0 Å². The summed E-state index contributed by atoms with van der Waals surface area (Å²) in [7, 11) is 1.71. The quantitative estimate of drug-likeness (QED) is 0.809. The van der Waals surface area contributed by atoms with Gasteiger partial charge in [-0.1, -0.05) is 13.8 Å². The Morgan fingerprint density at radius 3 is 3.00 bits per heavy atom. The average molecular weight is 312 g/mol. The average Bonchev–Trinajstić information content (AvgIpc) is 2.85. The van der Waals surface area contributed by atoms with Gasteiger partial charge in [-0.2, -0.15) is 0 Å². The molecule has 1 aromatic rings. The molecule has 1 heterocycles. The highest BCUT2D eigenvalue weighted by Crippen LogP contribution is 2.37. The lowest BCUT2D eigenvalue weighted by Crippen LogP contribution is -2.24. The van der Waals surface area contributed by atoms with Gasteiger partial charge in [0.05, 0.1) is 5.69 Å². The first kappa shape index (κ1) is 16.2. The molecule has 2 N–H and O–H groups in total. The third kappa shape index (κ3) is 4.17. The molecule has 1 aliphatic rings. The van der Waals surface area contributed by atoms with E-state index >= 15 is 0 Å². The Hall–Kier alpha value is -1.14. The van der Waals surface area contributed by atoms with Gasteiger partial charge in [0.2, 0.25) is 0 Å². The molecular formula is C15H24N2O3S. The molecule has 5 nitrogen and oxygen atoms in total. The van der Waals surface area contributed by atoms with Crippen LogP contribution in [0, 0.1) is 5.41 Å². The van der Waals surface area contributed by atoms with Gasteiger partial charge in [0.1, 0.15) is 5.92 Å². The number of hydrogen-bond acceptors (Lipinski definition) is 5. The highest BCUT2D eigenvalue weighted by molar-refractivity contribution is 7.15. The van der Waals surface area contributed by atoms with Crippen molar-refractivity contribution >= 4 is 22.4 Å². The summed E-state index contributed by atoms with van der Waals surface area (Å²) in [5.74, 6) is -1.18. The zero-order valence-corrected chi connectivity index (χ0v) is 13.8. The Morgan fingerprint density at radius 2 is 2.33 bits per heavy atom. The second-order valence-electron chi connectivity index (χ2n) is 6.37. The molecule has 2 rings (SSSR count). The molecule has 0 aliphatic heterocycles. The van der Waals surface area contributed by atoms with Crippen LogP contribution in [0.5, 0.6) is 0 Å². The van der Waals surface area contributed by atoms with Crippen molar-refractivity contribution in [2.45, 2.75) is 45.4 Å². The van der Waals surface area contributed by atoms with E-state index in [1.807, 2.05) is 0 Å². The molecule has 0 fully saturated rings. The molecule has 0 saturated carbocycles. The smallest absolute Gasteiger partial charge is 0.312 e. The summed E-state index contributed by atoms with van der Waals surface area (Å²) >= 11 is 1.60. The molecule has 0 amide bonds. The molecule has 1 atom stereocenters. The third-order valence-corrected chi connectivity index (χ3v) is 5.04. The Kier molecular flexibility index (Phi) is 5.22. The van der Waals surface area contributed by atoms with Gasteiger partial charge in [-0.05, 0) is 31.1 Å². The fourth-order valence-electron chi connectivity index (χ4n) is 2.52. The van der Waals surface area contributed by atoms with Crippen molar-refractivity contribution in [3.05, 3.63) is 10.6 Å². The number of rotatable bonds is 7. The summed E-state index contributed by atoms with van der Waals surface area (Å²) in [4.78, 5) is 17.0. The second-order valence-corrected chi connectivity index (χ2v) is 7.45. The molecular weight excluding hydrogens is 288 g/mol. The summed E-state index contributed by atoms with van der Waals surface area (Å²) < 4.78 is 5.13. The van der Waals surface area contributed by atoms with E-state index < -0.39 is 11.9 Å². The van der Waals surface area contributed by atoms with Crippen LogP contribution in [0.25, 0.3) is 0 Å². The van der Waals surface area contributed by atoms with Gasteiger partial charge in [-0.3, -0.25) is 4.79 Å². The molecule has 1 aliphatic carbocycles. The minimum Gasteiger partial charge on any atom is -0.481 e. The fourth-order valence-corrected chi connectivity index (χ4v) is 3.58. The van der Waals surface area contributed by atoms with Crippen LogP contribution < -0.4 is 5.32 Å². The van der Waals surface area contributed by atoms with E-state index in [9.17, 15) is 9.90 Å². The summed E-state index contributed by atoms with van der Waals surface area (Å²) in [6.07, 6.45) is 3.56. The monoisotopic (exact) mass is 312 g/mol. The number of nitrogens with one attached hydrogen (secondary N) is 1. The molecule has 0 radical (unpaired) electrons. The van der Waals surface area contributed by atoms with Crippen molar-refractivity contribution in [3.8, 4) is 0 Å². The van der Waals surface area contributed by atoms with Crippen LogP contribution in [-0.2, 0) is 16.0 Å². The SMILES string of the molecule is COCCC(C)(C)CNc1nc2c(s1)CCCC2C(=O)O. The van der Waals surface area contributed by atoms with Crippen molar-refractivity contribution in [1.82, 2.24) is 4.98 Å². The van der Waals surface area contributed by atoms with Crippen LogP contribution >= 0.6 is 11.3 Å². The van der Waals surface area contributed by atoms with Crippen LogP contribution in [0.2, 0.25) is 0 Å². The molecule has 0 bridgehead atoms. The van der Waals surface area contributed by atoms with Crippen molar-refractivity contribution in [2.24, 2.45) is 5.41 Å². The number of aromatic nitrogens is 1. The summed E-state index contributed by atoms with van der Waals surface area (Å²) in [5, 5.41) is 13.5. The van der Waals surface area contributed by atoms with Crippen molar-refractivity contribution in [2.75, 3.05) is 25.6 Å². The van der Waals surface area contributed by atoms with Gasteiger partial charge in [0.25, 0.3) is 0 Å². The Labute approximate surface area is 129 Å². The van der Waals surface area contributed by atoms with E-state index in [2.05, 4.69) is 24.1 Å². The van der Waals surface area contributed by atoms with E-state index in [-0.39, 0.29) is 5.41 Å². The number of aliphatic carboxylic acids is 1. The predicted octanol–water partition coefficient (Wildman–Crippen LogP) is 3.12. The number of ether oxygens (including phenoxy) is 1. The maximum absolute atomic E-state index is 11.3. The van der Waals surface area contributed by atoms with Gasteiger partial charge in [0.15, 0.2) is 5.13 Å². The van der Waals surface area contributed by atoms with Crippen molar-refractivity contribution in [3.63, 3.8) is 0 Å².